The molecule has 2 N–H and O–H groups in total. The fourth-order valence-corrected chi connectivity index (χ4v) is 2.37. The van der Waals surface area contributed by atoms with Gasteiger partial charge in [0.2, 0.25) is 0 Å². The summed E-state index contributed by atoms with van der Waals surface area (Å²) in [7, 11) is 5.85. The Balaban J connectivity index is 3.36. The first-order chi connectivity index (χ1) is 7.93. The van der Waals surface area contributed by atoms with E-state index in [-0.39, 0.29) is 6.04 Å². The molecule has 0 aliphatic rings. The Labute approximate surface area is 105 Å². The highest BCUT2D eigenvalue weighted by Crippen LogP contribution is 2.32. The molecule has 0 aromatic heterocycles. The first-order valence-corrected chi connectivity index (χ1v) is 5.95. The standard InChI is InChI=1S/C14H24N2O/c1-9-7-12(13(8-15)16(4)5)10(2)11(3)14(9)17-6/h7,13H,8,15H2,1-6H3. The molecule has 0 aliphatic heterocycles. The van der Waals surface area contributed by atoms with Crippen molar-refractivity contribution in [2.75, 3.05) is 27.7 Å². The van der Waals surface area contributed by atoms with Gasteiger partial charge >= 0.3 is 0 Å². The van der Waals surface area contributed by atoms with E-state index < -0.39 is 0 Å². The average molecular weight is 236 g/mol. The quantitative estimate of drug-likeness (QED) is 0.871. The maximum Gasteiger partial charge on any atom is 0.124 e. The molecule has 0 saturated carbocycles. The Bertz CT molecular complexity index is 400. The van der Waals surface area contributed by atoms with Gasteiger partial charge in [-0.2, -0.15) is 0 Å². The van der Waals surface area contributed by atoms with Crippen LogP contribution >= 0.6 is 0 Å². The van der Waals surface area contributed by atoms with Crippen LogP contribution in [0.4, 0.5) is 0 Å². The highest BCUT2D eigenvalue weighted by atomic mass is 16.5. The van der Waals surface area contributed by atoms with Crippen LogP contribution in [0.15, 0.2) is 6.07 Å². The van der Waals surface area contributed by atoms with Crippen molar-refractivity contribution in [3.05, 3.63) is 28.3 Å². The highest BCUT2D eigenvalue weighted by Gasteiger charge is 2.18. The van der Waals surface area contributed by atoms with Crippen LogP contribution in [0.2, 0.25) is 0 Å². The van der Waals surface area contributed by atoms with Crippen molar-refractivity contribution in [1.29, 1.82) is 0 Å². The Hall–Kier alpha value is -1.06. The molecule has 1 atom stereocenters. The van der Waals surface area contributed by atoms with Gasteiger partial charge in [0, 0.05) is 12.6 Å². The number of nitrogens with zero attached hydrogens (tertiary/aromatic N) is 1. The van der Waals surface area contributed by atoms with E-state index in [0.29, 0.717) is 6.54 Å². The van der Waals surface area contributed by atoms with Crippen molar-refractivity contribution in [1.82, 2.24) is 4.90 Å². The summed E-state index contributed by atoms with van der Waals surface area (Å²) in [5, 5.41) is 0. The third kappa shape index (κ3) is 2.61. The van der Waals surface area contributed by atoms with Gasteiger partial charge in [-0.15, -0.1) is 0 Å². The minimum atomic E-state index is 0.262. The van der Waals surface area contributed by atoms with E-state index in [1.807, 2.05) is 0 Å². The number of nitrogens with two attached hydrogens (primary N) is 1. The van der Waals surface area contributed by atoms with Crippen molar-refractivity contribution in [3.63, 3.8) is 0 Å². The molecular formula is C14H24N2O. The van der Waals surface area contributed by atoms with Gasteiger partial charge in [0.25, 0.3) is 0 Å². The minimum absolute atomic E-state index is 0.262. The summed E-state index contributed by atoms with van der Waals surface area (Å²) in [6, 6.07) is 2.46. The molecular weight excluding hydrogens is 212 g/mol. The van der Waals surface area contributed by atoms with Crippen LogP contribution in [0.3, 0.4) is 0 Å². The zero-order valence-corrected chi connectivity index (χ0v) is 11.8. The number of likely N-dealkylation sites (N-methyl/N-ethyl adjacent to an activating group) is 1. The summed E-state index contributed by atoms with van der Waals surface area (Å²) in [6.45, 7) is 6.95. The highest BCUT2D eigenvalue weighted by molar-refractivity contribution is 5.50. The second kappa shape index (κ2) is 5.52. The lowest BCUT2D eigenvalue weighted by Gasteiger charge is -2.27. The Morgan fingerprint density at radius 2 is 1.82 bits per heavy atom. The molecule has 0 amide bonds. The Morgan fingerprint density at radius 1 is 1.24 bits per heavy atom. The van der Waals surface area contributed by atoms with E-state index in [9.17, 15) is 0 Å². The molecule has 0 radical (unpaired) electrons. The third-order valence-electron chi connectivity index (χ3n) is 3.48. The van der Waals surface area contributed by atoms with E-state index in [0.717, 1.165) is 5.75 Å². The predicted octanol–water partition coefficient (Wildman–Crippen LogP) is 2.18. The molecule has 0 heterocycles. The first kappa shape index (κ1) is 14.0. The zero-order chi connectivity index (χ0) is 13.2. The smallest absolute Gasteiger partial charge is 0.124 e. The van der Waals surface area contributed by atoms with Crippen LogP contribution in [0.25, 0.3) is 0 Å². The lowest BCUT2D eigenvalue weighted by molar-refractivity contribution is 0.304. The summed E-state index contributed by atoms with van der Waals surface area (Å²) in [6.07, 6.45) is 0. The van der Waals surface area contributed by atoms with Gasteiger partial charge in [-0.25, -0.2) is 0 Å². The fraction of sp³-hybridized carbons (Fsp3) is 0.571. The van der Waals surface area contributed by atoms with Crippen molar-refractivity contribution in [2.24, 2.45) is 5.73 Å². The summed E-state index contributed by atoms with van der Waals surface area (Å²) < 4.78 is 5.44. The van der Waals surface area contributed by atoms with Crippen LogP contribution < -0.4 is 10.5 Å². The molecule has 1 rings (SSSR count). The lowest BCUT2D eigenvalue weighted by Crippen LogP contribution is -2.28. The van der Waals surface area contributed by atoms with Crippen molar-refractivity contribution < 1.29 is 4.74 Å². The molecule has 0 spiro atoms. The average Bonchev–Trinajstić information content (AvgIpc) is 2.26. The summed E-state index contributed by atoms with van der Waals surface area (Å²) >= 11 is 0. The van der Waals surface area contributed by atoms with Crippen molar-refractivity contribution in [3.8, 4) is 5.75 Å². The number of aryl methyl sites for hydroxylation is 1. The largest absolute Gasteiger partial charge is 0.496 e. The van der Waals surface area contributed by atoms with Crippen molar-refractivity contribution >= 4 is 0 Å². The van der Waals surface area contributed by atoms with Crippen LogP contribution in [0.1, 0.15) is 28.3 Å². The van der Waals surface area contributed by atoms with Crippen LogP contribution in [0, 0.1) is 20.8 Å². The van der Waals surface area contributed by atoms with Gasteiger partial charge in [0.1, 0.15) is 5.75 Å². The van der Waals surface area contributed by atoms with Crippen LogP contribution in [-0.4, -0.2) is 32.6 Å². The van der Waals surface area contributed by atoms with Crippen molar-refractivity contribution in [2.45, 2.75) is 26.8 Å². The number of benzene rings is 1. The number of methoxy groups -OCH3 is 1. The minimum Gasteiger partial charge on any atom is -0.496 e. The normalized spacial score (nSPS) is 12.9. The number of hydrogen-bond donors (Lipinski definition) is 1. The van der Waals surface area contributed by atoms with Gasteiger partial charge in [0.05, 0.1) is 7.11 Å². The topological polar surface area (TPSA) is 38.5 Å². The van der Waals surface area contributed by atoms with Crippen LogP contribution in [0.5, 0.6) is 5.75 Å². The predicted molar refractivity (Wildman–Crippen MR) is 72.7 cm³/mol. The van der Waals surface area contributed by atoms with E-state index in [4.69, 9.17) is 10.5 Å². The van der Waals surface area contributed by atoms with Gasteiger partial charge in [-0.1, -0.05) is 6.07 Å². The number of ether oxygens (including phenoxy) is 1. The molecule has 3 nitrogen and oxygen atoms in total. The second-order valence-corrected chi connectivity index (χ2v) is 4.78. The second-order valence-electron chi connectivity index (χ2n) is 4.78. The van der Waals surface area contributed by atoms with E-state index in [1.54, 1.807) is 7.11 Å². The fourth-order valence-electron chi connectivity index (χ4n) is 2.37. The maximum atomic E-state index is 5.87. The van der Waals surface area contributed by atoms with Crippen LogP contribution in [-0.2, 0) is 0 Å². The molecule has 0 bridgehead atoms. The van der Waals surface area contributed by atoms with Gasteiger partial charge in [-0.05, 0) is 57.1 Å². The molecule has 17 heavy (non-hydrogen) atoms. The summed E-state index contributed by atoms with van der Waals surface area (Å²) in [4.78, 5) is 2.16. The monoisotopic (exact) mass is 236 g/mol. The number of rotatable bonds is 4. The molecule has 1 aromatic carbocycles. The van der Waals surface area contributed by atoms with E-state index in [1.165, 1.54) is 22.3 Å². The number of hydrogen-bond acceptors (Lipinski definition) is 3. The van der Waals surface area contributed by atoms with Gasteiger partial charge in [-0.3, -0.25) is 0 Å². The SMILES string of the molecule is COc1c(C)cc(C(CN)N(C)C)c(C)c1C. The molecule has 1 aromatic rings. The molecule has 1 unspecified atom stereocenters. The summed E-state index contributed by atoms with van der Waals surface area (Å²) in [5.41, 5.74) is 10.8. The summed E-state index contributed by atoms with van der Waals surface area (Å²) in [5.74, 6) is 0.987. The van der Waals surface area contributed by atoms with E-state index in [2.05, 4.69) is 45.8 Å². The Morgan fingerprint density at radius 3 is 2.24 bits per heavy atom. The maximum absolute atomic E-state index is 5.87. The Kier molecular flexibility index (Phi) is 4.54. The first-order valence-electron chi connectivity index (χ1n) is 5.95. The molecule has 0 saturated heterocycles. The van der Waals surface area contributed by atoms with E-state index >= 15 is 0 Å². The van der Waals surface area contributed by atoms with Gasteiger partial charge < -0.3 is 15.4 Å². The third-order valence-corrected chi connectivity index (χ3v) is 3.48. The van der Waals surface area contributed by atoms with Gasteiger partial charge in [0.15, 0.2) is 0 Å². The molecule has 0 aliphatic carbocycles. The zero-order valence-electron chi connectivity index (χ0n) is 11.8. The lowest BCUT2D eigenvalue weighted by atomic mass is 9.93. The molecule has 96 valence electrons. The molecule has 0 fully saturated rings. The molecule has 3 heteroatoms.